The molecule has 1 amide bonds. The third-order valence-electron chi connectivity index (χ3n) is 3.78. The SMILES string of the molecule is Cc1cccc(CN(C)c2ccc3c(c2)NC(=O)C3O)c1. The zero-order valence-electron chi connectivity index (χ0n) is 12.1. The minimum Gasteiger partial charge on any atom is -0.378 e. The number of nitrogens with one attached hydrogen (secondary N) is 1. The van der Waals surface area contributed by atoms with Crippen LogP contribution in [0.1, 0.15) is 22.8 Å². The summed E-state index contributed by atoms with van der Waals surface area (Å²) in [6.07, 6.45) is -1.05. The van der Waals surface area contributed by atoms with E-state index in [4.69, 9.17) is 0 Å². The minimum atomic E-state index is -1.05. The largest absolute Gasteiger partial charge is 0.378 e. The van der Waals surface area contributed by atoms with E-state index in [9.17, 15) is 9.90 Å². The Balaban J connectivity index is 1.81. The van der Waals surface area contributed by atoms with E-state index >= 15 is 0 Å². The van der Waals surface area contributed by atoms with Crippen LogP contribution >= 0.6 is 0 Å². The predicted octanol–water partition coefficient (Wildman–Crippen LogP) is 2.62. The van der Waals surface area contributed by atoms with Gasteiger partial charge in [-0.25, -0.2) is 0 Å². The smallest absolute Gasteiger partial charge is 0.257 e. The molecule has 2 aromatic carbocycles. The molecule has 2 N–H and O–H groups in total. The number of carbonyl (C=O) groups is 1. The van der Waals surface area contributed by atoms with Gasteiger partial charge in [-0.15, -0.1) is 0 Å². The van der Waals surface area contributed by atoms with Crippen molar-refractivity contribution in [2.45, 2.75) is 19.6 Å². The molecule has 1 aliphatic rings. The number of rotatable bonds is 3. The Bertz CT molecular complexity index is 697. The van der Waals surface area contributed by atoms with Gasteiger partial charge < -0.3 is 15.3 Å². The van der Waals surface area contributed by atoms with Crippen LogP contribution in [0.3, 0.4) is 0 Å². The first-order valence-corrected chi connectivity index (χ1v) is 6.94. The van der Waals surface area contributed by atoms with Crippen molar-refractivity contribution in [3.8, 4) is 0 Å². The number of nitrogens with zero attached hydrogens (tertiary/aromatic N) is 1. The van der Waals surface area contributed by atoms with E-state index < -0.39 is 6.10 Å². The molecule has 0 spiro atoms. The van der Waals surface area contributed by atoms with Gasteiger partial charge in [0, 0.05) is 30.5 Å². The highest BCUT2D eigenvalue weighted by Crippen LogP contribution is 2.33. The third-order valence-corrected chi connectivity index (χ3v) is 3.78. The fourth-order valence-corrected chi connectivity index (χ4v) is 2.65. The van der Waals surface area contributed by atoms with Gasteiger partial charge >= 0.3 is 0 Å². The highest BCUT2D eigenvalue weighted by molar-refractivity contribution is 6.02. The normalized spacial score (nSPS) is 16.5. The number of aryl methyl sites for hydroxylation is 1. The molecule has 0 radical (unpaired) electrons. The van der Waals surface area contributed by atoms with E-state index in [2.05, 4.69) is 41.4 Å². The first-order chi connectivity index (χ1) is 10.0. The average Bonchev–Trinajstić information content (AvgIpc) is 2.73. The van der Waals surface area contributed by atoms with E-state index in [0.29, 0.717) is 11.3 Å². The summed E-state index contributed by atoms with van der Waals surface area (Å²) in [6.45, 7) is 2.87. The summed E-state index contributed by atoms with van der Waals surface area (Å²) in [6, 6.07) is 14.0. The number of carbonyl (C=O) groups excluding carboxylic acids is 1. The second-order valence-electron chi connectivity index (χ2n) is 5.51. The molecular weight excluding hydrogens is 264 g/mol. The zero-order valence-corrected chi connectivity index (χ0v) is 12.1. The van der Waals surface area contributed by atoms with Crippen LogP contribution in [0.4, 0.5) is 11.4 Å². The molecule has 108 valence electrons. The first kappa shape index (κ1) is 13.6. The fraction of sp³-hybridized carbons (Fsp3) is 0.235. The number of benzene rings is 2. The zero-order chi connectivity index (χ0) is 15.0. The molecule has 0 saturated carbocycles. The van der Waals surface area contributed by atoms with E-state index in [-0.39, 0.29) is 5.91 Å². The highest BCUT2D eigenvalue weighted by atomic mass is 16.3. The molecule has 3 rings (SSSR count). The highest BCUT2D eigenvalue weighted by Gasteiger charge is 2.28. The Kier molecular flexibility index (Phi) is 3.39. The van der Waals surface area contributed by atoms with Crippen LogP contribution in [0.5, 0.6) is 0 Å². The lowest BCUT2D eigenvalue weighted by atomic mass is 10.1. The molecule has 21 heavy (non-hydrogen) atoms. The second-order valence-corrected chi connectivity index (χ2v) is 5.51. The number of anilines is 2. The van der Waals surface area contributed by atoms with Crippen molar-refractivity contribution in [1.29, 1.82) is 0 Å². The molecule has 0 fully saturated rings. The summed E-state index contributed by atoms with van der Waals surface area (Å²) in [5.41, 5.74) is 4.82. The fourth-order valence-electron chi connectivity index (χ4n) is 2.65. The Hall–Kier alpha value is -2.33. The summed E-state index contributed by atoms with van der Waals surface area (Å²) in [4.78, 5) is 13.6. The van der Waals surface area contributed by atoms with Gasteiger partial charge in [-0.2, -0.15) is 0 Å². The Labute approximate surface area is 124 Å². The lowest BCUT2D eigenvalue weighted by Crippen LogP contribution is -2.16. The molecule has 0 bridgehead atoms. The molecule has 1 unspecified atom stereocenters. The number of aliphatic hydroxyl groups excluding tert-OH is 1. The monoisotopic (exact) mass is 282 g/mol. The minimum absolute atomic E-state index is 0.358. The van der Waals surface area contributed by atoms with Crippen molar-refractivity contribution in [1.82, 2.24) is 0 Å². The van der Waals surface area contributed by atoms with Crippen molar-refractivity contribution in [2.24, 2.45) is 0 Å². The van der Waals surface area contributed by atoms with Crippen molar-refractivity contribution in [2.75, 3.05) is 17.3 Å². The van der Waals surface area contributed by atoms with Crippen LogP contribution in [0.2, 0.25) is 0 Å². The van der Waals surface area contributed by atoms with Crippen LogP contribution < -0.4 is 10.2 Å². The van der Waals surface area contributed by atoms with Gasteiger partial charge in [-0.1, -0.05) is 35.9 Å². The third kappa shape index (κ3) is 2.62. The summed E-state index contributed by atoms with van der Waals surface area (Å²) in [5.74, 6) is -0.358. The lowest BCUT2D eigenvalue weighted by Gasteiger charge is -2.20. The topological polar surface area (TPSA) is 52.6 Å². The van der Waals surface area contributed by atoms with Crippen molar-refractivity contribution >= 4 is 17.3 Å². The number of aliphatic hydroxyl groups is 1. The molecule has 0 saturated heterocycles. The quantitative estimate of drug-likeness (QED) is 0.910. The van der Waals surface area contributed by atoms with Crippen molar-refractivity contribution in [3.05, 3.63) is 59.2 Å². The summed E-state index contributed by atoms with van der Waals surface area (Å²) >= 11 is 0. The van der Waals surface area contributed by atoms with Crippen LogP contribution in [0.25, 0.3) is 0 Å². The Morgan fingerprint density at radius 2 is 2.05 bits per heavy atom. The summed E-state index contributed by atoms with van der Waals surface area (Å²) in [7, 11) is 2.01. The average molecular weight is 282 g/mol. The molecule has 1 atom stereocenters. The maximum absolute atomic E-state index is 11.5. The van der Waals surface area contributed by atoms with Gasteiger partial charge in [-0.05, 0) is 24.6 Å². The molecule has 2 aromatic rings. The summed E-state index contributed by atoms with van der Waals surface area (Å²) in [5, 5.41) is 12.4. The second kappa shape index (κ2) is 5.22. The van der Waals surface area contributed by atoms with Gasteiger partial charge in [0.15, 0.2) is 6.10 Å². The molecular formula is C17H18N2O2. The first-order valence-electron chi connectivity index (χ1n) is 6.94. The van der Waals surface area contributed by atoms with E-state index in [1.165, 1.54) is 11.1 Å². The van der Waals surface area contributed by atoms with Crippen LogP contribution in [-0.4, -0.2) is 18.1 Å². The lowest BCUT2D eigenvalue weighted by molar-refractivity contribution is -0.123. The predicted molar refractivity (Wildman–Crippen MR) is 83.3 cm³/mol. The molecule has 4 nitrogen and oxygen atoms in total. The maximum Gasteiger partial charge on any atom is 0.257 e. The van der Waals surface area contributed by atoms with Gasteiger partial charge in [0.25, 0.3) is 5.91 Å². The van der Waals surface area contributed by atoms with Crippen LogP contribution in [0.15, 0.2) is 42.5 Å². The van der Waals surface area contributed by atoms with Crippen molar-refractivity contribution in [3.63, 3.8) is 0 Å². The maximum atomic E-state index is 11.5. The Morgan fingerprint density at radius 3 is 2.81 bits per heavy atom. The summed E-state index contributed by atoms with van der Waals surface area (Å²) < 4.78 is 0. The number of hydrogen-bond acceptors (Lipinski definition) is 3. The van der Waals surface area contributed by atoms with Gasteiger partial charge in [-0.3, -0.25) is 4.79 Å². The molecule has 0 aromatic heterocycles. The number of amides is 1. The Morgan fingerprint density at radius 1 is 1.24 bits per heavy atom. The number of fused-ring (bicyclic) bond motifs is 1. The van der Waals surface area contributed by atoms with E-state index in [1.54, 1.807) is 6.07 Å². The van der Waals surface area contributed by atoms with Gasteiger partial charge in [0.05, 0.1) is 0 Å². The van der Waals surface area contributed by atoms with Crippen LogP contribution in [0, 0.1) is 6.92 Å². The molecule has 0 aliphatic carbocycles. The van der Waals surface area contributed by atoms with Crippen LogP contribution in [-0.2, 0) is 11.3 Å². The van der Waals surface area contributed by atoms with Gasteiger partial charge in [0.1, 0.15) is 0 Å². The standard InChI is InChI=1S/C17H18N2O2/c1-11-4-3-5-12(8-11)10-19(2)13-6-7-14-15(9-13)18-17(21)16(14)20/h3-9,16,20H,10H2,1-2H3,(H,18,21). The van der Waals surface area contributed by atoms with E-state index in [0.717, 1.165) is 12.2 Å². The van der Waals surface area contributed by atoms with Crippen molar-refractivity contribution < 1.29 is 9.90 Å². The molecule has 4 heteroatoms. The number of hydrogen-bond donors (Lipinski definition) is 2. The van der Waals surface area contributed by atoms with E-state index in [1.807, 2.05) is 19.2 Å². The van der Waals surface area contributed by atoms with Gasteiger partial charge in [0.2, 0.25) is 0 Å². The molecule has 1 heterocycles. The molecule has 1 aliphatic heterocycles.